The van der Waals surface area contributed by atoms with Gasteiger partial charge in [-0.15, -0.1) is 0 Å². The molecule has 0 fully saturated rings. The number of hydrogen-bond acceptors (Lipinski definition) is 4. The number of para-hydroxylation sites is 2. The molecule has 0 saturated heterocycles. The van der Waals surface area contributed by atoms with Crippen molar-refractivity contribution in [2.24, 2.45) is 0 Å². The van der Waals surface area contributed by atoms with Crippen LogP contribution in [0.15, 0.2) is 24.3 Å². The average Bonchev–Trinajstić information content (AvgIpc) is 2.40. The van der Waals surface area contributed by atoms with Crippen molar-refractivity contribution in [1.82, 2.24) is 9.97 Å². The Balaban J connectivity index is 2.39. The van der Waals surface area contributed by atoms with Gasteiger partial charge in [0.05, 0.1) is 16.7 Å². The van der Waals surface area contributed by atoms with Gasteiger partial charge in [0.1, 0.15) is 0 Å². The van der Waals surface area contributed by atoms with Gasteiger partial charge < -0.3 is 10.0 Å². The topological polar surface area (TPSA) is 49.2 Å². The molecule has 1 aromatic carbocycles. The molecule has 0 atom stereocenters. The van der Waals surface area contributed by atoms with Crippen LogP contribution in [0.1, 0.15) is 19.0 Å². The van der Waals surface area contributed by atoms with Crippen molar-refractivity contribution in [2.75, 3.05) is 24.6 Å². The SMILES string of the molecule is CCN(CCCO)c1nc2ccccc2nc1C. The monoisotopic (exact) mass is 245 g/mol. The first kappa shape index (κ1) is 12.8. The second-order valence-corrected chi connectivity index (χ2v) is 4.28. The van der Waals surface area contributed by atoms with Crippen LogP contribution in [0.2, 0.25) is 0 Å². The Hall–Kier alpha value is -1.68. The number of fused-ring (bicyclic) bond motifs is 1. The van der Waals surface area contributed by atoms with Crippen LogP contribution in [0.4, 0.5) is 5.82 Å². The molecular formula is C14H19N3O. The Labute approximate surface area is 107 Å². The predicted molar refractivity (Wildman–Crippen MR) is 73.9 cm³/mol. The van der Waals surface area contributed by atoms with E-state index in [4.69, 9.17) is 5.11 Å². The standard InChI is InChI=1S/C14H19N3O/c1-3-17(9-6-10-18)14-11(2)15-12-7-4-5-8-13(12)16-14/h4-5,7-8,18H,3,6,9-10H2,1-2H3. The number of aryl methyl sites for hydroxylation is 1. The lowest BCUT2D eigenvalue weighted by molar-refractivity contribution is 0.289. The summed E-state index contributed by atoms with van der Waals surface area (Å²) >= 11 is 0. The molecule has 1 N–H and O–H groups in total. The second kappa shape index (κ2) is 5.78. The number of aliphatic hydroxyl groups excluding tert-OH is 1. The van der Waals surface area contributed by atoms with Gasteiger partial charge in [-0.3, -0.25) is 0 Å². The smallest absolute Gasteiger partial charge is 0.150 e. The zero-order valence-corrected chi connectivity index (χ0v) is 10.9. The normalized spacial score (nSPS) is 10.8. The molecule has 0 aliphatic heterocycles. The van der Waals surface area contributed by atoms with Crippen molar-refractivity contribution < 1.29 is 5.11 Å². The highest BCUT2D eigenvalue weighted by Crippen LogP contribution is 2.19. The molecule has 0 spiro atoms. The van der Waals surface area contributed by atoms with Crippen molar-refractivity contribution >= 4 is 16.9 Å². The first-order valence-corrected chi connectivity index (χ1v) is 6.35. The Morgan fingerprint density at radius 1 is 1.17 bits per heavy atom. The average molecular weight is 245 g/mol. The zero-order chi connectivity index (χ0) is 13.0. The zero-order valence-electron chi connectivity index (χ0n) is 10.9. The number of aromatic nitrogens is 2. The van der Waals surface area contributed by atoms with E-state index in [1.54, 1.807) is 0 Å². The van der Waals surface area contributed by atoms with Crippen LogP contribution in [0.5, 0.6) is 0 Å². The van der Waals surface area contributed by atoms with E-state index in [0.717, 1.165) is 42.1 Å². The first-order valence-electron chi connectivity index (χ1n) is 6.35. The van der Waals surface area contributed by atoms with Crippen molar-refractivity contribution in [1.29, 1.82) is 0 Å². The molecule has 2 aromatic rings. The molecule has 0 radical (unpaired) electrons. The summed E-state index contributed by atoms with van der Waals surface area (Å²) in [5.74, 6) is 0.921. The summed E-state index contributed by atoms with van der Waals surface area (Å²) in [5, 5.41) is 8.94. The van der Waals surface area contributed by atoms with Gasteiger partial charge in [-0.1, -0.05) is 12.1 Å². The van der Waals surface area contributed by atoms with Gasteiger partial charge in [0.2, 0.25) is 0 Å². The molecule has 0 aliphatic carbocycles. The molecule has 0 amide bonds. The Morgan fingerprint density at radius 3 is 2.44 bits per heavy atom. The van der Waals surface area contributed by atoms with E-state index in [2.05, 4.69) is 21.8 Å². The maximum Gasteiger partial charge on any atom is 0.150 e. The third-order valence-corrected chi connectivity index (χ3v) is 2.99. The Bertz CT molecular complexity index is 527. The van der Waals surface area contributed by atoms with E-state index < -0.39 is 0 Å². The minimum Gasteiger partial charge on any atom is -0.396 e. The fourth-order valence-electron chi connectivity index (χ4n) is 2.05. The van der Waals surface area contributed by atoms with Crippen LogP contribution >= 0.6 is 0 Å². The molecule has 0 bridgehead atoms. The summed E-state index contributed by atoms with van der Waals surface area (Å²) in [6.45, 7) is 5.95. The predicted octanol–water partition coefficient (Wildman–Crippen LogP) is 2.15. The minimum absolute atomic E-state index is 0.205. The molecule has 2 rings (SSSR count). The number of rotatable bonds is 5. The number of hydrogen-bond donors (Lipinski definition) is 1. The molecule has 1 aromatic heterocycles. The third kappa shape index (κ3) is 2.59. The Morgan fingerprint density at radius 2 is 1.83 bits per heavy atom. The quantitative estimate of drug-likeness (QED) is 0.877. The van der Waals surface area contributed by atoms with Gasteiger partial charge in [0, 0.05) is 19.7 Å². The molecule has 4 heteroatoms. The third-order valence-electron chi connectivity index (χ3n) is 2.99. The number of aliphatic hydroxyl groups is 1. The van der Waals surface area contributed by atoms with E-state index in [9.17, 15) is 0 Å². The van der Waals surface area contributed by atoms with Gasteiger partial charge in [-0.2, -0.15) is 0 Å². The molecular weight excluding hydrogens is 226 g/mol. The molecule has 18 heavy (non-hydrogen) atoms. The maximum absolute atomic E-state index is 8.94. The highest BCUT2D eigenvalue weighted by molar-refractivity contribution is 5.76. The molecule has 0 unspecified atom stereocenters. The summed E-state index contributed by atoms with van der Waals surface area (Å²) < 4.78 is 0. The second-order valence-electron chi connectivity index (χ2n) is 4.28. The number of anilines is 1. The molecule has 1 heterocycles. The first-order chi connectivity index (χ1) is 8.76. The van der Waals surface area contributed by atoms with E-state index in [1.807, 2.05) is 31.2 Å². The van der Waals surface area contributed by atoms with Crippen LogP contribution in [0.3, 0.4) is 0 Å². The molecule has 0 saturated carbocycles. The van der Waals surface area contributed by atoms with Crippen molar-refractivity contribution in [3.63, 3.8) is 0 Å². The molecule has 4 nitrogen and oxygen atoms in total. The van der Waals surface area contributed by atoms with Gasteiger partial charge >= 0.3 is 0 Å². The number of nitrogens with zero attached hydrogens (tertiary/aromatic N) is 3. The highest BCUT2D eigenvalue weighted by Gasteiger charge is 2.11. The van der Waals surface area contributed by atoms with Crippen LogP contribution in [-0.2, 0) is 0 Å². The van der Waals surface area contributed by atoms with Crippen LogP contribution in [0, 0.1) is 6.92 Å². The van der Waals surface area contributed by atoms with Crippen LogP contribution in [-0.4, -0.2) is 34.8 Å². The lowest BCUT2D eigenvalue weighted by Gasteiger charge is -2.23. The van der Waals surface area contributed by atoms with Crippen LogP contribution < -0.4 is 4.90 Å². The summed E-state index contributed by atoms with van der Waals surface area (Å²) in [7, 11) is 0. The summed E-state index contributed by atoms with van der Waals surface area (Å²) in [6, 6.07) is 7.90. The van der Waals surface area contributed by atoms with Gasteiger partial charge in [-0.25, -0.2) is 9.97 Å². The molecule has 96 valence electrons. The lowest BCUT2D eigenvalue weighted by Crippen LogP contribution is -2.26. The Kier molecular flexibility index (Phi) is 4.10. The minimum atomic E-state index is 0.205. The maximum atomic E-state index is 8.94. The molecule has 0 aliphatic rings. The summed E-state index contributed by atoms with van der Waals surface area (Å²) in [5.41, 5.74) is 2.78. The fourth-order valence-corrected chi connectivity index (χ4v) is 2.05. The van der Waals surface area contributed by atoms with E-state index in [1.165, 1.54) is 0 Å². The number of benzene rings is 1. The van der Waals surface area contributed by atoms with E-state index in [-0.39, 0.29) is 6.61 Å². The van der Waals surface area contributed by atoms with Crippen LogP contribution in [0.25, 0.3) is 11.0 Å². The van der Waals surface area contributed by atoms with Crippen molar-refractivity contribution in [3.8, 4) is 0 Å². The largest absolute Gasteiger partial charge is 0.396 e. The van der Waals surface area contributed by atoms with Gasteiger partial charge in [0.25, 0.3) is 0 Å². The summed E-state index contributed by atoms with van der Waals surface area (Å²) in [4.78, 5) is 11.4. The van der Waals surface area contributed by atoms with Gasteiger partial charge in [0.15, 0.2) is 5.82 Å². The van der Waals surface area contributed by atoms with E-state index >= 15 is 0 Å². The fraction of sp³-hybridized carbons (Fsp3) is 0.429. The lowest BCUT2D eigenvalue weighted by atomic mass is 10.2. The van der Waals surface area contributed by atoms with Crippen molar-refractivity contribution in [3.05, 3.63) is 30.0 Å². The van der Waals surface area contributed by atoms with Crippen molar-refractivity contribution in [2.45, 2.75) is 20.3 Å². The van der Waals surface area contributed by atoms with E-state index in [0.29, 0.717) is 0 Å². The highest BCUT2D eigenvalue weighted by atomic mass is 16.3. The summed E-state index contributed by atoms with van der Waals surface area (Å²) in [6.07, 6.45) is 0.752. The van der Waals surface area contributed by atoms with Gasteiger partial charge in [-0.05, 0) is 32.4 Å².